The fraction of sp³-hybridized carbons (Fsp3) is 1.00. The van der Waals surface area contributed by atoms with Crippen LogP contribution >= 0.6 is 17.9 Å². The van der Waals surface area contributed by atoms with E-state index in [1.807, 2.05) is 6.26 Å². The Balaban J connectivity index is 2.30. The predicted molar refractivity (Wildman–Crippen MR) is 27.8 cm³/mol. The third-order valence-electron chi connectivity index (χ3n) is 0.0745. The lowest BCUT2D eigenvalue weighted by molar-refractivity contribution is 2.55. The van der Waals surface area contributed by atoms with Gasteiger partial charge in [0, 0.05) is 6.56 Å². The molecule has 0 aliphatic rings. The average Bonchev–Trinajstić information content (AvgIpc) is 1.37. The van der Waals surface area contributed by atoms with Crippen molar-refractivity contribution < 1.29 is 0 Å². The van der Waals surface area contributed by atoms with Gasteiger partial charge in [-0.1, -0.05) is 11.4 Å². The van der Waals surface area contributed by atoms with Crippen LogP contribution in [0, 0.1) is 0 Å². The zero-order valence-corrected chi connectivity index (χ0v) is 4.79. The molecular weight excluding hydrogens is 107 g/mol. The summed E-state index contributed by atoms with van der Waals surface area (Å²) < 4.78 is 0. The highest BCUT2D eigenvalue weighted by Crippen LogP contribution is 2.09. The average molecular weight is 110 g/mol. The Morgan fingerprint density at radius 2 is 2.25 bits per heavy atom. The molecule has 0 spiro atoms. The minimum Gasteiger partial charge on any atom is -0.0941 e. The van der Waals surface area contributed by atoms with Crippen molar-refractivity contribution in [2.24, 2.45) is 0 Å². The summed E-state index contributed by atoms with van der Waals surface area (Å²) in [6.45, 7) is 0.998. The van der Waals surface area contributed by atoms with Gasteiger partial charge in [0.1, 0.15) is 0 Å². The topological polar surface area (TPSA) is 0 Å². The van der Waals surface area contributed by atoms with E-state index in [0.717, 1.165) is 6.56 Å². The molecule has 0 aromatic rings. The molecule has 0 radical (unpaired) electrons. The first-order valence-corrected chi connectivity index (χ1v) is 4.51. The molecule has 0 rings (SSSR count). The second-order valence-corrected chi connectivity index (χ2v) is 3.66. The zero-order chi connectivity index (χ0) is 3.41. The third kappa shape index (κ3) is 2.87. The van der Waals surface area contributed by atoms with Crippen LogP contribution in [-0.4, -0.2) is 6.26 Å². The smallest absolute Gasteiger partial charge is 0.0427 e. The Morgan fingerprint density at radius 1 is 2.00 bits per heavy atom. The maximum absolute atomic E-state index is 4.49. The summed E-state index contributed by atoms with van der Waals surface area (Å²) in [5.74, 6) is 0. The van der Waals surface area contributed by atoms with Crippen LogP contribution in [0.1, 0.15) is 0 Å². The summed E-state index contributed by atoms with van der Waals surface area (Å²) in [6, 6.07) is 0. The first-order valence-electron chi connectivity index (χ1n) is 0.773. The molecule has 3 heteroatoms. The summed E-state index contributed by atoms with van der Waals surface area (Å²) >= 11 is 6.13. The Morgan fingerprint density at radius 3 is 2.25 bits per heavy atom. The van der Waals surface area contributed by atoms with E-state index in [1.54, 1.807) is 11.4 Å². The molecule has 0 fully saturated rings. The molecule has 0 aliphatic carbocycles. The van der Waals surface area contributed by atoms with E-state index in [0.29, 0.717) is 0 Å². The van der Waals surface area contributed by atoms with Gasteiger partial charge in [0.2, 0.25) is 0 Å². The molecule has 0 heterocycles. The van der Waals surface area contributed by atoms with E-state index in [9.17, 15) is 0 Å². The summed E-state index contributed by atoms with van der Waals surface area (Å²) in [6.07, 6.45) is 1.98. The summed E-state index contributed by atoms with van der Waals surface area (Å²) in [5.41, 5.74) is 0. The van der Waals surface area contributed by atoms with Gasteiger partial charge in [-0.05, 0) is 18.1 Å². The molecule has 24 valence electrons. The van der Waals surface area contributed by atoms with Crippen molar-refractivity contribution in [2.75, 3.05) is 6.26 Å². The van der Waals surface area contributed by atoms with Crippen LogP contribution < -0.4 is 0 Å². The van der Waals surface area contributed by atoms with Gasteiger partial charge in [-0.3, -0.25) is 0 Å². The second-order valence-electron chi connectivity index (χ2n) is 0.257. The van der Waals surface area contributed by atoms with Crippen molar-refractivity contribution in [3.8, 4) is 0 Å². The standard InChI is InChI=1S/CH3PS2/c1-4-2-3/h1H3. The van der Waals surface area contributed by atoms with Gasteiger partial charge in [0.25, 0.3) is 0 Å². The van der Waals surface area contributed by atoms with E-state index >= 15 is 0 Å². The Hall–Kier alpha value is 0.870. The van der Waals surface area contributed by atoms with Gasteiger partial charge in [0.05, 0.1) is 0 Å². The van der Waals surface area contributed by atoms with E-state index in [-0.39, 0.29) is 0 Å². The lowest BCUT2D eigenvalue weighted by Gasteiger charge is -1.54. The Labute approximate surface area is 36.6 Å². The monoisotopic (exact) mass is 110 g/mol. The lowest BCUT2D eigenvalue weighted by Crippen LogP contribution is -1.11. The molecule has 0 N–H and O–H groups in total. The fourth-order valence-electron chi connectivity index (χ4n) is 0. The lowest BCUT2D eigenvalue weighted by atomic mass is 12.0. The minimum absolute atomic E-state index is 0.998. The van der Waals surface area contributed by atoms with E-state index < -0.39 is 0 Å². The van der Waals surface area contributed by atoms with Crippen LogP contribution in [0.2, 0.25) is 0 Å². The molecule has 0 aromatic carbocycles. The molecular formula is CH3PS2. The first kappa shape index (κ1) is 4.87. The number of rotatable bonds is 1. The molecule has 0 atom stereocenters. The highest BCUT2D eigenvalue weighted by molar-refractivity contribution is 8.57. The summed E-state index contributed by atoms with van der Waals surface area (Å²) in [5, 5.41) is 0. The molecule has 0 bridgehead atoms. The molecule has 0 aliphatic heterocycles. The van der Waals surface area contributed by atoms with Crippen LogP contribution in [-0.2, 0) is 11.8 Å². The molecule has 0 unspecified atom stereocenters. The van der Waals surface area contributed by atoms with Crippen molar-refractivity contribution in [2.45, 2.75) is 0 Å². The van der Waals surface area contributed by atoms with E-state index in [1.165, 1.54) is 0 Å². The number of hydrogen-bond acceptors (Lipinski definition) is 2. The van der Waals surface area contributed by atoms with Gasteiger partial charge >= 0.3 is 0 Å². The quantitative estimate of drug-likeness (QED) is 0.471. The Bertz CT molecular complexity index is 20.0. The van der Waals surface area contributed by atoms with E-state index in [4.69, 9.17) is 0 Å². The van der Waals surface area contributed by atoms with Gasteiger partial charge in [-0.15, -0.1) is 0 Å². The maximum atomic E-state index is 4.49. The van der Waals surface area contributed by atoms with Crippen LogP contribution in [0.15, 0.2) is 0 Å². The molecule has 0 saturated carbocycles. The van der Waals surface area contributed by atoms with Crippen molar-refractivity contribution in [1.29, 1.82) is 0 Å². The molecule has 0 aromatic heterocycles. The summed E-state index contributed by atoms with van der Waals surface area (Å²) in [7, 11) is 0. The summed E-state index contributed by atoms with van der Waals surface area (Å²) in [4.78, 5) is 0. The van der Waals surface area contributed by atoms with Crippen molar-refractivity contribution in [3.05, 3.63) is 0 Å². The zero-order valence-electron chi connectivity index (χ0n) is 2.26. The Kier molecular flexibility index (Phi) is 4.71. The molecule has 4 heavy (non-hydrogen) atoms. The number of hydrogen-bond donors (Lipinski definition) is 0. The molecule has 0 amide bonds. The fourth-order valence-corrected chi connectivity index (χ4v) is 0. The highest BCUT2D eigenvalue weighted by atomic mass is 32.9. The second kappa shape index (κ2) is 3.87. The van der Waals surface area contributed by atoms with Crippen LogP contribution in [0.3, 0.4) is 0 Å². The van der Waals surface area contributed by atoms with Crippen molar-refractivity contribution in [1.82, 2.24) is 0 Å². The van der Waals surface area contributed by atoms with Gasteiger partial charge in [-0.25, -0.2) is 0 Å². The normalized spacial score (nSPS) is 8.25. The minimum atomic E-state index is 0.998. The van der Waals surface area contributed by atoms with Gasteiger partial charge in [-0.2, -0.15) is 0 Å². The predicted octanol–water partition coefficient (Wildman–Crippen LogP) is 1.67. The highest BCUT2D eigenvalue weighted by Gasteiger charge is 1.48. The van der Waals surface area contributed by atoms with Gasteiger partial charge < -0.3 is 0 Å². The first-order chi connectivity index (χ1) is 1.91. The van der Waals surface area contributed by atoms with Crippen molar-refractivity contribution >= 4 is 29.7 Å². The van der Waals surface area contributed by atoms with Gasteiger partial charge in [0.15, 0.2) is 0 Å². The maximum Gasteiger partial charge on any atom is 0.0427 e. The van der Waals surface area contributed by atoms with Crippen LogP contribution in [0.5, 0.6) is 0 Å². The van der Waals surface area contributed by atoms with E-state index in [2.05, 4.69) is 11.8 Å². The third-order valence-corrected chi connectivity index (χ3v) is 2.01. The SMILES string of the molecule is CSP=S. The van der Waals surface area contributed by atoms with Crippen LogP contribution in [0.25, 0.3) is 0 Å². The molecule has 0 nitrogen and oxygen atoms in total. The largest absolute Gasteiger partial charge is 0.0941 e. The van der Waals surface area contributed by atoms with Crippen LogP contribution in [0.4, 0.5) is 0 Å². The molecule has 0 saturated heterocycles. The van der Waals surface area contributed by atoms with Crippen molar-refractivity contribution in [3.63, 3.8) is 0 Å².